The molecule has 0 saturated heterocycles. The molecule has 4 heteroatoms. The summed E-state index contributed by atoms with van der Waals surface area (Å²) in [6.45, 7) is 2.05. The van der Waals surface area contributed by atoms with Gasteiger partial charge in [-0.05, 0) is 30.2 Å². The van der Waals surface area contributed by atoms with Crippen molar-refractivity contribution in [2.24, 2.45) is 0 Å². The predicted molar refractivity (Wildman–Crippen MR) is 65.6 cm³/mol. The molecule has 1 aliphatic heterocycles. The SMILES string of the molecule is COCCN1CCc2cc(Br)ccc2C1=O. The van der Waals surface area contributed by atoms with Crippen LogP contribution in [0.2, 0.25) is 0 Å². The summed E-state index contributed by atoms with van der Waals surface area (Å²) in [4.78, 5) is 13.9. The molecule has 1 heterocycles. The third-order valence-corrected chi connectivity index (χ3v) is 3.29. The molecule has 0 fully saturated rings. The lowest BCUT2D eigenvalue weighted by molar-refractivity contribution is 0.0679. The lowest BCUT2D eigenvalue weighted by Gasteiger charge is -2.28. The lowest BCUT2D eigenvalue weighted by Crippen LogP contribution is -2.39. The number of methoxy groups -OCH3 is 1. The molecule has 0 unspecified atom stereocenters. The van der Waals surface area contributed by atoms with Gasteiger partial charge in [-0.25, -0.2) is 0 Å². The average molecular weight is 284 g/mol. The fourth-order valence-electron chi connectivity index (χ4n) is 1.92. The van der Waals surface area contributed by atoms with Crippen molar-refractivity contribution in [1.29, 1.82) is 0 Å². The van der Waals surface area contributed by atoms with Gasteiger partial charge in [-0.1, -0.05) is 15.9 Å². The molecule has 1 amide bonds. The zero-order valence-corrected chi connectivity index (χ0v) is 10.8. The number of fused-ring (bicyclic) bond motifs is 1. The first-order valence-corrected chi connectivity index (χ1v) is 6.08. The normalized spacial score (nSPS) is 15.1. The molecule has 0 spiro atoms. The van der Waals surface area contributed by atoms with Crippen molar-refractivity contribution in [3.05, 3.63) is 33.8 Å². The second-order valence-corrected chi connectivity index (χ2v) is 4.75. The molecular weight excluding hydrogens is 270 g/mol. The molecule has 0 saturated carbocycles. The molecule has 1 aromatic rings. The highest BCUT2D eigenvalue weighted by Crippen LogP contribution is 2.22. The number of hydrogen-bond acceptors (Lipinski definition) is 2. The molecule has 0 aromatic heterocycles. The van der Waals surface area contributed by atoms with Crippen molar-refractivity contribution in [2.45, 2.75) is 6.42 Å². The van der Waals surface area contributed by atoms with Crippen molar-refractivity contribution in [2.75, 3.05) is 26.8 Å². The monoisotopic (exact) mass is 283 g/mol. The zero-order chi connectivity index (χ0) is 11.5. The first-order chi connectivity index (χ1) is 7.72. The van der Waals surface area contributed by atoms with Gasteiger partial charge in [0.15, 0.2) is 0 Å². The van der Waals surface area contributed by atoms with Crippen LogP contribution in [0.1, 0.15) is 15.9 Å². The minimum Gasteiger partial charge on any atom is -0.383 e. The maximum Gasteiger partial charge on any atom is 0.254 e. The molecule has 0 atom stereocenters. The lowest BCUT2D eigenvalue weighted by atomic mass is 9.99. The van der Waals surface area contributed by atoms with Gasteiger partial charge in [0.2, 0.25) is 0 Å². The van der Waals surface area contributed by atoms with E-state index in [0.717, 1.165) is 28.6 Å². The largest absolute Gasteiger partial charge is 0.383 e. The fraction of sp³-hybridized carbons (Fsp3) is 0.417. The summed E-state index contributed by atoms with van der Waals surface area (Å²) in [7, 11) is 1.65. The number of nitrogens with zero attached hydrogens (tertiary/aromatic N) is 1. The van der Waals surface area contributed by atoms with Crippen molar-refractivity contribution in [3.8, 4) is 0 Å². The van der Waals surface area contributed by atoms with E-state index in [1.54, 1.807) is 7.11 Å². The van der Waals surface area contributed by atoms with E-state index in [2.05, 4.69) is 15.9 Å². The van der Waals surface area contributed by atoms with Crippen LogP contribution >= 0.6 is 15.9 Å². The highest BCUT2D eigenvalue weighted by atomic mass is 79.9. The first-order valence-electron chi connectivity index (χ1n) is 5.29. The summed E-state index contributed by atoms with van der Waals surface area (Å²) < 4.78 is 6.03. The topological polar surface area (TPSA) is 29.5 Å². The van der Waals surface area contributed by atoms with Crippen molar-refractivity contribution in [3.63, 3.8) is 0 Å². The summed E-state index contributed by atoms with van der Waals surface area (Å²) in [6, 6.07) is 5.83. The summed E-state index contributed by atoms with van der Waals surface area (Å²) >= 11 is 3.42. The number of carbonyl (C=O) groups is 1. The van der Waals surface area contributed by atoms with E-state index in [-0.39, 0.29) is 5.91 Å². The number of benzene rings is 1. The quantitative estimate of drug-likeness (QED) is 0.850. The van der Waals surface area contributed by atoms with E-state index in [1.165, 1.54) is 0 Å². The molecule has 16 heavy (non-hydrogen) atoms. The van der Waals surface area contributed by atoms with Crippen molar-refractivity contribution in [1.82, 2.24) is 4.90 Å². The zero-order valence-electron chi connectivity index (χ0n) is 9.20. The second kappa shape index (κ2) is 4.97. The molecule has 0 N–H and O–H groups in total. The van der Waals surface area contributed by atoms with E-state index >= 15 is 0 Å². The Kier molecular flexibility index (Phi) is 3.61. The van der Waals surface area contributed by atoms with Crippen LogP contribution in [0, 0.1) is 0 Å². The first kappa shape index (κ1) is 11.6. The molecule has 86 valence electrons. The van der Waals surface area contributed by atoms with Crippen LogP contribution in [0.25, 0.3) is 0 Å². The third kappa shape index (κ3) is 2.28. The van der Waals surface area contributed by atoms with Gasteiger partial charge in [-0.15, -0.1) is 0 Å². The minimum absolute atomic E-state index is 0.116. The summed E-state index contributed by atoms with van der Waals surface area (Å²) in [6.07, 6.45) is 0.921. The molecule has 1 aliphatic rings. The standard InChI is InChI=1S/C12H14BrNO2/c1-16-7-6-14-5-4-9-8-10(13)2-3-11(9)12(14)15/h2-3,8H,4-7H2,1H3. The molecule has 3 nitrogen and oxygen atoms in total. The number of halogens is 1. The summed E-state index contributed by atoms with van der Waals surface area (Å²) in [5.74, 6) is 0.116. The number of carbonyl (C=O) groups excluding carboxylic acids is 1. The van der Waals surface area contributed by atoms with Gasteiger partial charge in [0.1, 0.15) is 0 Å². The van der Waals surface area contributed by atoms with E-state index in [0.29, 0.717) is 13.2 Å². The molecule has 0 bridgehead atoms. The van der Waals surface area contributed by atoms with Crippen LogP contribution in [0.5, 0.6) is 0 Å². The molecule has 2 rings (SSSR count). The summed E-state index contributed by atoms with van der Waals surface area (Å²) in [5.41, 5.74) is 1.96. The van der Waals surface area contributed by atoms with E-state index in [1.807, 2.05) is 23.1 Å². The third-order valence-electron chi connectivity index (χ3n) is 2.80. The maximum atomic E-state index is 12.1. The smallest absolute Gasteiger partial charge is 0.254 e. The maximum absolute atomic E-state index is 12.1. The highest BCUT2D eigenvalue weighted by Gasteiger charge is 2.23. The Balaban J connectivity index is 2.19. The van der Waals surface area contributed by atoms with Crippen molar-refractivity contribution >= 4 is 21.8 Å². The molecule has 1 aromatic carbocycles. The Morgan fingerprint density at radius 3 is 3.06 bits per heavy atom. The number of amides is 1. The fourth-order valence-corrected chi connectivity index (χ4v) is 2.33. The Morgan fingerprint density at radius 2 is 2.31 bits per heavy atom. The van der Waals surface area contributed by atoms with Crippen molar-refractivity contribution < 1.29 is 9.53 Å². The molecule has 0 radical (unpaired) electrons. The number of hydrogen-bond donors (Lipinski definition) is 0. The van der Waals surface area contributed by atoms with Gasteiger partial charge in [0.25, 0.3) is 5.91 Å². The summed E-state index contributed by atoms with van der Waals surface area (Å²) in [5, 5.41) is 0. The Labute approximate surface area is 104 Å². The highest BCUT2D eigenvalue weighted by molar-refractivity contribution is 9.10. The van der Waals surface area contributed by atoms with Crippen LogP contribution in [0.4, 0.5) is 0 Å². The van der Waals surface area contributed by atoms with E-state index in [9.17, 15) is 4.79 Å². The number of rotatable bonds is 3. The van der Waals surface area contributed by atoms with Gasteiger partial charge in [0.05, 0.1) is 6.61 Å². The van der Waals surface area contributed by atoms with E-state index < -0.39 is 0 Å². The van der Waals surface area contributed by atoms with Crippen LogP contribution in [0.15, 0.2) is 22.7 Å². The Morgan fingerprint density at radius 1 is 1.50 bits per heavy atom. The van der Waals surface area contributed by atoms with Crippen LogP contribution in [0.3, 0.4) is 0 Å². The van der Waals surface area contributed by atoms with Gasteiger partial charge in [-0.3, -0.25) is 4.79 Å². The van der Waals surface area contributed by atoms with Gasteiger partial charge in [0, 0.05) is 30.2 Å². The van der Waals surface area contributed by atoms with Crippen LogP contribution < -0.4 is 0 Å². The van der Waals surface area contributed by atoms with Gasteiger partial charge in [-0.2, -0.15) is 0 Å². The Bertz CT molecular complexity index is 406. The minimum atomic E-state index is 0.116. The van der Waals surface area contributed by atoms with Gasteiger partial charge < -0.3 is 9.64 Å². The van der Waals surface area contributed by atoms with Gasteiger partial charge >= 0.3 is 0 Å². The number of ether oxygens (including phenoxy) is 1. The molecule has 0 aliphatic carbocycles. The average Bonchev–Trinajstić information content (AvgIpc) is 2.28. The predicted octanol–water partition coefficient (Wildman–Crippen LogP) is 2.09. The molecular formula is C12H14BrNO2. The second-order valence-electron chi connectivity index (χ2n) is 3.84. The van der Waals surface area contributed by atoms with Crippen LogP contribution in [-0.2, 0) is 11.2 Å². The van der Waals surface area contributed by atoms with Crippen LogP contribution in [-0.4, -0.2) is 37.6 Å². The van der Waals surface area contributed by atoms with E-state index in [4.69, 9.17) is 4.74 Å². The Hall–Kier alpha value is -0.870.